The highest BCUT2D eigenvalue weighted by Crippen LogP contribution is 2.77. The molecular weight excluding hydrogens is 562 g/mol. The molecule has 44 heavy (non-hydrogen) atoms. The maximum atomic E-state index is 12.8. The van der Waals surface area contributed by atoms with Gasteiger partial charge in [-0.15, -0.1) is 0 Å². The van der Waals surface area contributed by atoms with Gasteiger partial charge in [-0.1, -0.05) is 26.8 Å². The first-order valence-corrected chi connectivity index (χ1v) is 16.9. The number of fused-ring (bicyclic) bond motifs is 2. The average molecular weight is 614 g/mol. The van der Waals surface area contributed by atoms with E-state index in [0.717, 1.165) is 50.3 Å². The lowest BCUT2D eigenvalue weighted by molar-refractivity contribution is -0.305. The first kappa shape index (κ1) is 30.7. The number of hydrogen-bond donors (Lipinski definition) is 2. The summed E-state index contributed by atoms with van der Waals surface area (Å²) < 4.78 is 28.8. The van der Waals surface area contributed by atoms with Gasteiger partial charge in [0.2, 0.25) is 0 Å². The van der Waals surface area contributed by atoms with E-state index in [1.807, 2.05) is 19.9 Å². The van der Waals surface area contributed by atoms with Crippen molar-refractivity contribution in [1.82, 2.24) is 4.90 Å². The SMILES string of the molecule is CCOCCOCCOC(=O)Oc1ccc2c3c1O[C@@H]1C34CCN(CC3CC3)[C@H](C2)C42CC[C@]1(O)[C@@H]([C@](C)(O)C(C)(C)C)C2. The lowest BCUT2D eigenvalue weighted by Gasteiger charge is -2.75. The number of carbonyl (C=O) groups excluding carboxylic acids is 1. The molecule has 8 rings (SSSR count). The Kier molecular flexibility index (Phi) is 7.37. The van der Waals surface area contributed by atoms with Crippen molar-refractivity contribution in [3.63, 3.8) is 0 Å². The van der Waals surface area contributed by atoms with E-state index in [9.17, 15) is 15.0 Å². The number of rotatable bonds is 11. The van der Waals surface area contributed by atoms with Crippen molar-refractivity contribution in [3.8, 4) is 11.5 Å². The maximum absolute atomic E-state index is 12.8. The summed E-state index contributed by atoms with van der Waals surface area (Å²) >= 11 is 0. The molecule has 4 bridgehead atoms. The fourth-order valence-corrected chi connectivity index (χ4v) is 10.00. The molecule has 5 fully saturated rings. The topological polar surface area (TPSA) is 107 Å². The van der Waals surface area contributed by atoms with Gasteiger partial charge in [0.25, 0.3) is 0 Å². The van der Waals surface area contributed by atoms with Crippen LogP contribution in [0.5, 0.6) is 11.5 Å². The highest BCUT2D eigenvalue weighted by molar-refractivity contribution is 5.70. The van der Waals surface area contributed by atoms with Crippen LogP contribution >= 0.6 is 0 Å². The number of aliphatic hydroxyl groups is 2. The molecule has 2 heterocycles. The zero-order chi connectivity index (χ0) is 31.1. The molecule has 2 aliphatic heterocycles. The van der Waals surface area contributed by atoms with E-state index < -0.39 is 34.3 Å². The van der Waals surface area contributed by atoms with E-state index in [2.05, 4.69) is 31.7 Å². The summed E-state index contributed by atoms with van der Waals surface area (Å²) in [4.78, 5) is 15.6. The molecule has 2 spiro atoms. The molecule has 4 saturated carbocycles. The number of nitrogens with zero attached hydrogens (tertiary/aromatic N) is 1. The Morgan fingerprint density at radius 2 is 1.82 bits per heavy atom. The predicted octanol–water partition coefficient (Wildman–Crippen LogP) is 4.62. The number of carbonyl (C=O) groups is 1. The highest BCUT2D eigenvalue weighted by atomic mass is 16.7. The zero-order valence-electron chi connectivity index (χ0n) is 27.2. The van der Waals surface area contributed by atoms with Crippen molar-refractivity contribution in [3.05, 3.63) is 23.3 Å². The Labute approximate surface area is 261 Å². The third-order valence-electron chi connectivity index (χ3n) is 12.7. The fourth-order valence-electron chi connectivity index (χ4n) is 10.00. The minimum Gasteiger partial charge on any atom is -0.482 e. The number of hydrogen-bond acceptors (Lipinski definition) is 9. The smallest absolute Gasteiger partial charge is 0.482 e. The molecule has 2 unspecified atom stereocenters. The van der Waals surface area contributed by atoms with Gasteiger partial charge in [0.1, 0.15) is 18.3 Å². The summed E-state index contributed by atoms with van der Waals surface area (Å²) in [6.07, 6.45) is 5.35. The van der Waals surface area contributed by atoms with Crippen molar-refractivity contribution < 1.29 is 38.7 Å². The zero-order valence-corrected chi connectivity index (χ0v) is 27.2. The Hall–Kier alpha value is -1.91. The van der Waals surface area contributed by atoms with Crippen molar-refractivity contribution >= 4 is 6.16 Å². The van der Waals surface area contributed by atoms with Gasteiger partial charge in [0.05, 0.1) is 25.4 Å². The summed E-state index contributed by atoms with van der Waals surface area (Å²) in [5.41, 5.74) is -0.946. The van der Waals surface area contributed by atoms with Gasteiger partial charge in [0.15, 0.2) is 11.5 Å². The van der Waals surface area contributed by atoms with Crippen LogP contribution in [0, 0.1) is 22.7 Å². The first-order valence-electron chi connectivity index (χ1n) is 16.9. The van der Waals surface area contributed by atoms with Gasteiger partial charge in [-0.2, -0.15) is 0 Å². The van der Waals surface area contributed by atoms with Crippen LogP contribution in [0.4, 0.5) is 4.79 Å². The van der Waals surface area contributed by atoms with Crippen LogP contribution in [0.25, 0.3) is 0 Å². The van der Waals surface area contributed by atoms with Crippen LogP contribution in [0.15, 0.2) is 12.1 Å². The van der Waals surface area contributed by atoms with Crippen LogP contribution in [0.1, 0.15) is 84.3 Å². The Bertz CT molecular complexity index is 1290. The first-order chi connectivity index (χ1) is 20.9. The van der Waals surface area contributed by atoms with Crippen LogP contribution in [-0.4, -0.2) is 90.7 Å². The molecule has 244 valence electrons. The lowest BCUT2D eigenvalue weighted by Crippen LogP contribution is -2.82. The molecule has 9 nitrogen and oxygen atoms in total. The van der Waals surface area contributed by atoms with Gasteiger partial charge >= 0.3 is 6.16 Å². The third-order valence-corrected chi connectivity index (χ3v) is 12.7. The molecule has 0 amide bonds. The summed E-state index contributed by atoms with van der Waals surface area (Å²) in [6.45, 7) is 14.0. The van der Waals surface area contributed by atoms with Gasteiger partial charge in [0, 0.05) is 41.5 Å². The molecule has 1 saturated heterocycles. The van der Waals surface area contributed by atoms with Crippen molar-refractivity contribution in [1.29, 1.82) is 0 Å². The van der Waals surface area contributed by atoms with Crippen LogP contribution in [0.3, 0.4) is 0 Å². The molecule has 1 aromatic carbocycles. The second kappa shape index (κ2) is 10.6. The molecule has 1 aromatic rings. The van der Waals surface area contributed by atoms with Crippen LogP contribution < -0.4 is 9.47 Å². The molecule has 5 aliphatic carbocycles. The maximum Gasteiger partial charge on any atom is 0.514 e. The molecule has 9 heteroatoms. The monoisotopic (exact) mass is 613 g/mol. The molecule has 0 aromatic heterocycles. The molecule has 7 aliphatic rings. The standard InChI is InChI=1S/C35H51NO8/c1-6-40-15-16-41-17-18-42-30(37)43-24-10-9-23-19-26-33-11-12-35(39,25(20-33)32(5,38)31(2,3)4)29-34(33,27(23)28(24)44-29)13-14-36(26)21-22-7-8-22/h9-10,22,25-26,29,38-39H,6-8,11-21H2,1-5H3/t25-,26-,29-,32+,33?,34?,35+/m1/s1. The average Bonchev–Trinajstić information content (AvgIpc) is 3.71. The summed E-state index contributed by atoms with van der Waals surface area (Å²) in [5, 5.41) is 25.0. The van der Waals surface area contributed by atoms with Gasteiger partial charge in [-0.3, -0.25) is 4.90 Å². The van der Waals surface area contributed by atoms with Crippen molar-refractivity contribution in [2.75, 3.05) is 46.1 Å². The highest BCUT2D eigenvalue weighted by Gasteiger charge is 2.82. The Morgan fingerprint density at radius 1 is 1.07 bits per heavy atom. The van der Waals surface area contributed by atoms with E-state index >= 15 is 0 Å². The number of likely N-dealkylation sites (tertiary alicyclic amines) is 1. The summed E-state index contributed by atoms with van der Waals surface area (Å²) in [6, 6.07) is 4.25. The summed E-state index contributed by atoms with van der Waals surface area (Å²) in [7, 11) is 0. The normalized spacial score (nSPS) is 36.4. The van der Waals surface area contributed by atoms with E-state index in [4.69, 9.17) is 23.7 Å². The van der Waals surface area contributed by atoms with Crippen molar-refractivity contribution in [2.24, 2.45) is 22.7 Å². The Morgan fingerprint density at radius 3 is 2.55 bits per heavy atom. The minimum absolute atomic E-state index is 0.0730. The summed E-state index contributed by atoms with van der Waals surface area (Å²) in [5.74, 6) is 1.35. The second-order valence-corrected chi connectivity index (χ2v) is 15.6. The lowest BCUT2D eigenvalue weighted by atomic mass is 9.33. The fraction of sp³-hybridized carbons (Fsp3) is 0.800. The third kappa shape index (κ3) is 4.32. The molecule has 2 N–H and O–H groups in total. The van der Waals surface area contributed by atoms with E-state index in [-0.39, 0.29) is 24.5 Å². The number of piperidine rings is 1. The van der Waals surface area contributed by atoms with E-state index in [1.165, 1.54) is 18.4 Å². The van der Waals surface area contributed by atoms with E-state index in [1.54, 1.807) is 0 Å². The van der Waals surface area contributed by atoms with Gasteiger partial charge in [-0.05, 0) is 88.3 Å². The van der Waals surface area contributed by atoms with Crippen molar-refractivity contribution in [2.45, 2.75) is 108 Å². The van der Waals surface area contributed by atoms with Gasteiger partial charge < -0.3 is 33.9 Å². The predicted molar refractivity (Wildman–Crippen MR) is 163 cm³/mol. The van der Waals surface area contributed by atoms with Crippen LogP contribution in [-0.2, 0) is 26.0 Å². The Balaban J connectivity index is 1.23. The second-order valence-electron chi connectivity index (χ2n) is 15.6. The minimum atomic E-state index is -1.22. The molecule has 0 radical (unpaired) electrons. The van der Waals surface area contributed by atoms with Crippen LogP contribution in [0.2, 0.25) is 0 Å². The largest absolute Gasteiger partial charge is 0.514 e. The number of ether oxygens (including phenoxy) is 5. The quantitative estimate of drug-likeness (QED) is 0.210. The number of benzene rings is 1. The molecular formula is C35H51NO8. The molecule has 7 atom stereocenters. The van der Waals surface area contributed by atoms with Gasteiger partial charge in [-0.25, -0.2) is 4.79 Å². The van der Waals surface area contributed by atoms with E-state index in [0.29, 0.717) is 43.8 Å².